The molecule has 104 valence electrons. The van der Waals surface area contributed by atoms with E-state index in [1.54, 1.807) is 23.9 Å². The summed E-state index contributed by atoms with van der Waals surface area (Å²) in [6.07, 6.45) is 3.04. The first kappa shape index (κ1) is 12.9. The lowest BCUT2D eigenvalue weighted by Gasteiger charge is -2.01. The Bertz CT molecular complexity index is 856. The third kappa shape index (κ3) is 2.23. The first-order chi connectivity index (χ1) is 10.2. The van der Waals surface area contributed by atoms with Gasteiger partial charge in [-0.05, 0) is 25.1 Å². The monoisotopic (exact) mass is 281 g/mol. The number of ether oxygens (including phenoxy) is 1. The third-order valence-corrected chi connectivity index (χ3v) is 3.01. The number of H-pyrrole nitrogens is 1. The fourth-order valence-electron chi connectivity index (χ4n) is 2.01. The number of carbonyl (C=O) groups excluding carboxylic acids is 1. The second-order valence-corrected chi connectivity index (χ2v) is 4.31. The van der Waals surface area contributed by atoms with Gasteiger partial charge in [-0.15, -0.1) is 0 Å². The summed E-state index contributed by atoms with van der Waals surface area (Å²) in [6, 6.07) is 7.45. The van der Waals surface area contributed by atoms with E-state index in [1.807, 2.05) is 18.2 Å². The highest BCUT2D eigenvalue weighted by molar-refractivity contribution is 5.89. The van der Waals surface area contributed by atoms with Crippen molar-refractivity contribution < 1.29 is 9.53 Å². The second-order valence-electron chi connectivity index (χ2n) is 4.31. The van der Waals surface area contributed by atoms with Crippen LogP contribution in [0.2, 0.25) is 0 Å². The number of aromatic amines is 1. The molecule has 2 aromatic heterocycles. The lowest BCUT2D eigenvalue weighted by molar-refractivity contribution is 0.0526. The predicted octanol–water partition coefficient (Wildman–Crippen LogP) is 1.80. The molecule has 0 aliphatic heterocycles. The summed E-state index contributed by atoms with van der Waals surface area (Å²) < 4.78 is 6.48. The number of nitrogens with one attached hydrogen (secondary N) is 1. The summed E-state index contributed by atoms with van der Waals surface area (Å²) in [4.78, 5) is 11.6. The Labute approximate surface area is 119 Å². The molecule has 0 radical (unpaired) electrons. The van der Waals surface area contributed by atoms with Gasteiger partial charge in [-0.1, -0.05) is 0 Å². The standard InChI is InChI=1S/C14H11N5O2/c1-2-21-14(20)9-7-16-19(8-9)10-3-4-12-11(5-10)13(6-15)18-17-12/h3-5,7-8H,2H2,1H3,(H,17,18). The largest absolute Gasteiger partial charge is 0.462 e. The molecule has 1 aromatic carbocycles. The van der Waals surface area contributed by atoms with Gasteiger partial charge >= 0.3 is 5.97 Å². The number of fused-ring (bicyclic) bond motifs is 1. The molecule has 2 heterocycles. The summed E-state index contributed by atoms with van der Waals surface area (Å²) in [5, 5.41) is 20.6. The SMILES string of the molecule is CCOC(=O)c1cnn(-c2ccc3[nH]nc(C#N)c3c2)c1. The summed E-state index contributed by atoms with van der Waals surface area (Å²) in [6.45, 7) is 2.06. The predicted molar refractivity (Wildman–Crippen MR) is 73.9 cm³/mol. The number of hydrogen-bond acceptors (Lipinski definition) is 5. The minimum atomic E-state index is -0.411. The zero-order valence-corrected chi connectivity index (χ0v) is 11.2. The molecule has 0 saturated carbocycles. The maximum Gasteiger partial charge on any atom is 0.341 e. The minimum Gasteiger partial charge on any atom is -0.462 e. The lowest BCUT2D eigenvalue weighted by atomic mass is 10.2. The van der Waals surface area contributed by atoms with Crippen molar-refractivity contribution in [2.75, 3.05) is 6.61 Å². The molecule has 0 aliphatic carbocycles. The van der Waals surface area contributed by atoms with E-state index in [9.17, 15) is 4.79 Å². The van der Waals surface area contributed by atoms with Gasteiger partial charge in [-0.25, -0.2) is 9.48 Å². The Morgan fingerprint density at radius 2 is 2.38 bits per heavy atom. The van der Waals surface area contributed by atoms with E-state index in [2.05, 4.69) is 15.3 Å². The average Bonchev–Trinajstić information content (AvgIpc) is 3.13. The van der Waals surface area contributed by atoms with Crippen molar-refractivity contribution in [2.45, 2.75) is 6.92 Å². The van der Waals surface area contributed by atoms with E-state index >= 15 is 0 Å². The van der Waals surface area contributed by atoms with Crippen LogP contribution in [0.15, 0.2) is 30.6 Å². The first-order valence-corrected chi connectivity index (χ1v) is 6.33. The van der Waals surface area contributed by atoms with Crippen LogP contribution in [0.25, 0.3) is 16.6 Å². The van der Waals surface area contributed by atoms with Gasteiger partial charge in [-0.2, -0.15) is 15.5 Å². The second kappa shape index (κ2) is 5.09. The zero-order chi connectivity index (χ0) is 14.8. The Morgan fingerprint density at radius 3 is 3.14 bits per heavy atom. The fourth-order valence-corrected chi connectivity index (χ4v) is 2.01. The van der Waals surface area contributed by atoms with Crippen LogP contribution < -0.4 is 0 Å². The van der Waals surface area contributed by atoms with Crippen molar-refractivity contribution in [1.29, 1.82) is 5.26 Å². The molecule has 0 spiro atoms. The number of hydrogen-bond donors (Lipinski definition) is 1. The molecule has 0 atom stereocenters. The number of carbonyl (C=O) groups is 1. The molecule has 7 nitrogen and oxygen atoms in total. The summed E-state index contributed by atoms with van der Waals surface area (Å²) >= 11 is 0. The van der Waals surface area contributed by atoms with Crippen LogP contribution in [0.4, 0.5) is 0 Å². The van der Waals surface area contributed by atoms with Crippen LogP contribution in [0.3, 0.4) is 0 Å². The number of esters is 1. The molecule has 0 unspecified atom stereocenters. The van der Waals surface area contributed by atoms with Crippen molar-refractivity contribution in [3.8, 4) is 11.8 Å². The van der Waals surface area contributed by atoms with Crippen LogP contribution >= 0.6 is 0 Å². The van der Waals surface area contributed by atoms with Crippen LogP contribution in [0.5, 0.6) is 0 Å². The van der Waals surface area contributed by atoms with Crippen molar-refractivity contribution >= 4 is 16.9 Å². The van der Waals surface area contributed by atoms with Crippen molar-refractivity contribution in [1.82, 2.24) is 20.0 Å². The van der Waals surface area contributed by atoms with E-state index in [4.69, 9.17) is 10.00 Å². The average molecular weight is 281 g/mol. The van der Waals surface area contributed by atoms with E-state index in [0.29, 0.717) is 23.3 Å². The van der Waals surface area contributed by atoms with Crippen LogP contribution in [-0.4, -0.2) is 32.6 Å². The van der Waals surface area contributed by atoms with Gasteiger partial charge in [0.2, 0.25) is 0 Å². The number of rotatable bonds is 3. The number of aromatic nitrogens is 4. The topological polar surface area (TPSA) is 96.6 Å². The summed E-state index contributed by atoms with van der Waals surface area (Å²) in [7, 11) is 0. The molecule has 3 aromatic rings. The Kier molecular flexibility index (Phi) is 3.12. The van der Waals surface area contributed by atoms with Crippen LogP contribution in [0, 0.1) is 11.3 Å². The molecule has 0 amide bonds. The zero-order valence-electron chi connectivity index (χ0n) is 11.2. The quantitative estimate of drug-likeness (QED) is 0.738. The molecule has 0 bridgehead atoms. The number of benzene rings is 1. The van der Waals surface area contributed by atoms with Gasteiger partial charge in [0.25, 0.3) is 0 Å². The molecule has 3 rings (SSSR count). The van der Waals surface area contributed by atoms with Gasteiger partial charge in [0.1, 0.15) is 6.07 Å². The molecule has 7 heteroatoms. The highest BCUT2D eigenvalue weighted by Crippen LogP contribution is 2.19. The first-order valence-electron chi connectivity index (χ1n) is 6.33. The van der Waals surface area contributed by atoms with Gasteiger partial charge in [0, 0.05) is 11.6 Å². The van der Waals surface area contributed by atoms with Crippen LogP contribution in [0.1, 0.15) is 23.0 Å². The van der Waals surface area contributed by atoms with Crippen LogP contribution in [-0.2, 0) is 4.74 Å². The normalized spacial score (nSPS) is 10.5. The third-order valence-electron chi connectivity index (χ3n) is 3.01. The van der Waals surface area contributed by atoms with Gasteiger partial charge in [0.05, 0.1) is 29.6 Å². The summed E-state index contributed by atoms with van der Waals surface area (Å²) in [5.74, 6) is -0.411. The van der Waals surface area contributed by atoms with Crippen molar-refractivity contribution in [3.05, 3.63) is 41.9 Å². The van der Waals surface area contributed by atoms with E-state index in [1.165, 1.54) is 6.20 Å². The smallest absolute Gasteiger partial charge is 0.341 e. The Morgan fingerprint density at radius 1 is 1.52 bits per heavy atom. The fraction of sp³-hybridized carbons (Fsp3) is 0.143. The minimum absolute atomic E-state index is 0.316. The van der Waals surface area contributed by atoms with Gasteiger partial charge in [0.15, 0.2) is 5.69 Å². The molecule has 0 aliphatic rings. The lowest BCUT2D eigenvalue weighted by Crippen LogP contribution is -2.03. The highest BCUT2D eigenvalue weighted by Gasteiger charge is 2.11. The molecule has 21 heavy (non-hydrogen) atoms. The van der Waals surface area contributed by atoms with Gasteiger partial charge < -0.3 is 4.74 Å². The van der Waals surface area contributed by atoms with E-state index in [-0.39, 0.29) is 0 Å². The molecule has 0 fully saturated rings. The van der Waals surface area contributed by atoms with Crippen molar-refractivity contribution in [3.63, 3.8) is 0 Å². The van der Waals surface area contributed by atoms with Gasteiger partial charge in [-0.3, -0.25) is 5.10 Å². The summed E-state index contributed by atoms with van der Waals surface area (Å²) in [5.41, 5.74) is 2.21. The number of nitrogens with zero attached hydrogens (tertiary/aromatic N) is 4. The number of nitriles is 1. The van der Waals surface area contributed by atoms with E-state index < -0.39 is 5.97 Å². The maximum atomic E-state index is 11.6. The highest BCUT2D eigenvalue weighted by atomic mass is 16.5. The molecule has 1 N–H and O–H groups in total. The Balaban J connectivity index is 2.01. The Hall–Kier alpha value is -3.14. The van der Waals surface area contributed by atoms with E-state index in [0.717, 1.165) is 11.2 Å². The molecule has 0 saturated heterocycles. The molecular weight excluding hydrogens is 270 g/mol. The van der Waals surface area contributed by atoms with Crippen molar-refractivity contribution in [2.24, 2.45) is 0 Å². The maximum absolute atomic E-state index is 11.6. The molecular formula is C14H11N5O2.